The number of aliphatic hydroxyl groups excluding tert-OH is 1. The molecule has 1 aliphatic rings. The minimum absolute atomic E-state index is 0.00442. The van der Waals surface area contributed by atoms with Gasteiger partial charge in [-0.05, 0) is 192 Å². The normalized spacial score (nSPS) is 15.3. The molecule has 1 heterocycles. The van der Waals surface area contributed by atoms with E-state index in [1.54, 1.807) is 130 Å². The number of piperidine rings is 1. The summed E-state index contributed by atoms with van der Waals surface area (Å²) in [6, 6.07) is 31.9. The predicted molar refractivity (Wildman–Crippen MR) is 345 cm³/mol. The quantitative estimate of drug-likeness (QED) is 0.0259. The highest BCUT2D eigenvalue weighted by Gasteiger charge is 2.49. The second-order valence-corrected chi connectivity index (χ2v) is 34.1. The van der Waals surface area contributed by atoms with Crippen LogP contribution in [-0.4, -0.2) is 124 Å². The first-order valence-electron chi connectivity index (χ1n) is 29.2. The van der Waals surface area contributed by atoms with Crippen molar-refractivity contribution in [3.8, 4) is 11.1 Å². The number of hydrogen-bond donors (Lipinski definition) is 2. The van der Waals surface area contributed by atoms with Gasteiger partial charge in [0.15, 0.2) is 15.6 Å². The lowest BCUT2D eigenvalue weighted by Crippen LogP contribution is -2.36. The lowest BCUT2D eigenvalue weighted by molar-refractivity contribution is -0.0436. The van der Waals surface area contributed by atoms with Gasteiger partial charge in [0.1, 0.15) is 10.6 Å². The van der Waals surface area contributed by atoms with Crippen molar-refractivity contribution in [3.63, 3.8) is 0 Å². The number of rotatable bonds is 29. The van der Waals surface area contributed by atoms with Crippen molar-refractivity contribution in [1.82, 2.24) is 4.90 Å². The molecule has 1 fully saturated rings. The summed E-state index contributed by atoms with van der Waals surface area (Å²) in [5.41, 5.74) is -6.87. The second-order valence-electron chi connectivity index (χ2n) is 25.7. The average molecular weight is 1360 g/mol. The van der Waals surface area contributed by atoms with Gasteiger partial charge in [-0.15, -0.1) is 11.8 Å². The number of nitrogens with zero attached hydrogens (tertiary/aromatic N) is 2. The van der Waals surface area contributed by atoms with E-state index in [1.165, 1.54) is 23.9 Å². The number of Topliss-reactive ketones (excluding diaryl/α,β-unsaturated/α-hetero) is 1. The number of nitrogens with one attached hydrogen (secondary N) is 1. The fourth-order valence-corrected chi connectivity index (χ4v) is 16.6. The Bertz CT molecular complexity index is 3390. The van der Waals surface area contributed by atoms with Crippen LogP contribution in [-0.2, 0) is 55.9 Å². The molecule has 0 radical (unpaired) electrons. The molecule has 5 aromatic rings. The van der Waals surface area contributed by atoms with E-state index >= 15 is 0 Å². The molecule has 17 nitrogen and oxygen atoms in total. The molecule has 6 rings (SSSR count). The van der Waals surface area contributed by atoms with E-state index in [2.05, 4.69) is 10.2 Å². The summed E-state index contributed by atoms with van der Waals surface area (Å²) in [5, 5.41) is 15.2. The van der Waals surface area contributed by atoms with Crippen molar-refractivity contribution < 1.29 is 76.2 Å². The summed E-state index contributed by atoms with van der Waals surface area (Å²) in [5.74, 6) is -1.99. The van der Waals surface area contributed by atoms with Gasteiger partial charge in [0.25, 0.3) is 9.84 Å². The van der Waals surface area contributed by atoms with Crippen LogP contribution in [0.3, 0.4) is 0 Å². The fourth-order valence-electron chi connectivity index (χ4n) is 9.59. The number of alkyl halides is 3. The van der Waals surface area contributed by atoms with Crippen LogP contribution < -0.4 is 10.2 Å². The van der Waals surface area contributed by atoms with Gasteiger partial charge in [0, 0.05) is 65.7 Å². The van der Waals surface area contributed by atoms with Crippen molar-refractivity contribution in [1.29, 1.82) is 0 Å². The second kappa shape index (κ2) is 30.3. The molecule has 1 saturated heterocycles. The molecule has 0 aromatic heterocycles. The van der Waals surface area contributed by atoms with Crippen molar-refractivity contribution in [2.75, 3.05) is 67.7 Å². The zero-order valence-corrected chi connectivity index (χ0v) is 57.5. The highest BCUT2D eigenvalue weighted by molar-refractivity contribution is 7.99. The predicted octanol–water partition coefficient (Wildman–Crippen LogP) is 15.7. The summed E-state index contributed by atoms with van der Waals surface area (Å²) in [7, 11) is -19.5. The molecule has 1 aliphatic heterocycles. The van der Waals surface area contributed by atoms with E-state index < -0.39 is 102 Å². The number of carbonyl (C=O) groups is 1. The number of hydrogen-bond acceptors (Lipinski definition) is 18. The molecule has 0 saturated carbocycles. The number of phosphoric ester groups is 2. The van der Waals surface area contributed by atoms with Crippen LogP contribution in [0, 0.1) is 5.92 Å². The first-order valence-corrected chi connectivity index (χ1v) is 36.6. The summed E-state index contributed by atoms with van der Waals surface area (Å²) >= 11 is 7.45. The van der Waals surface area contributed by atoms with Crippen LogP contribution in [0.1, 0.15) is 124 Å². The number of anilines is 2. The molecule has 2 atom stereocenters. The molecule has 0 spiro atoms. The van der Waals surface area contributed by atoms with Crippen LogP contribution in [0.4, 0.5) is 24.5 Å². The molecular formula is C63H85ClF3N3O14P2S3. The third kappa shape index (κ3) is 23.1. The Balaban J connectivity index is 1.22. The minimum Gasteiger partial charge on any atom is -0.388 e. The fraction of sp³-hybridized carbons (Fsp3) is 0.508. The van der Waals surface area contributed by atoms with E-state index in [-0.39, 0.29) is 56.5 Å². The van der Waals surface area contributed by atoms with E-state index in [9.17, 15) is 49.0 Å². The molecule has 0 bridgehead atoms. The van der Waals surface area contributed by atoms with Crippen molar-refractivity contribution in [2.24, 2.45) is 5.92 Å². The number of sulfone groups is 2. The van der Waals surface area contributed by atoms with E-state index in [1.807, 2.05) is 48.5 Å². The standard InChI is InChI=1S/C63H85ClF3N3O14P2S3/c1-59(2,3)81-85(73,82-60(4,5)6)79-40-38-69(39-41-80-86(74,83-61(7,8)9)84-62(10,11)12)35-34-49(43-87-51-18-14-13-15-19-51)68-55-31-30-52(42-57(55)89(77,78)63(65,66)67)88(75,76)44-56(71)46-24-28-50(29-25-46)70-36-32-47(33-37-70)58(72)54-21-17-16-20-53(54)45-22-26-48(64)27-23-45/h13-31,42,47,49,58,68,72H,32-41,43-44H2,1-12H3/t49-,58-/m1/s1. The molecule has 5 aromatic carbocycles. The zero-order chi connectivity index (χ0) is 66.0. The van der Waals surface area contributed by atoms with Gasteiger partial charge in [0.05, 0.1) is 52.3 Å². The van der Waals surface area contributed by atoms with Crippen LogP contribution in [0.25, 0.3) is 11.1 Å². The molecule has 0 amide bonds. The Morgan fingerprint density at radius 2 is 1.20 bits per heavy atom. The van der Waals surface area contributed by atoms with Crippen LogP contribution in [0.2, 0.25) is 5.02 Å². The number of ketones is 1. The molecule has 0 unspecified atom stereocenters. The van der Waals surface area contributed by atoms with E-state index in [0.717, 1.165) is 39.4 Å². The Hall–Kier alpha value is -4.16. The van der Waals surface area contributed by atoms with Crippen molar-refractivity contribution in [2.45, 2.75) is 157 Å². The Kier molecular flexibility index (Phi) is 25.1. The Morgan fingerprint density at radius 3 is 1.71 bits per heavy atom. The van der Waals surface area contributed by atoms with Crippen molar-refractivity contribution in [3.05, 3.63) is 137 Å². The van der Waals surface area contributed by atoms with E-state index in [4.69, 9.17) is 38.7 Å². The van der Waals surface area contributed by atoms with Crippen LogP contribution in [0.15, 0.2) is 136 Å². The van der Waals surface area contributed by atoms with Gasteiger partial charge in [-0.1, -0.05) is 66.2 Å². The Morgan fingerprint density at radius 1 is 0.697 bits per heavy atom. The molecule has 0 aliphatic carbocycles. The monoisotopic (exact) mass is 1360 g/mol. The minimum atomic E-state index is -6.26. The Labute approximate surface area is 533 Å². The zero-order valence-electron chi connectivity index (χ0n) is 52.5. The van der Waals surface area contributed by atoms with Gasteiger partial charge >= 0.3 is 21.2 Å². The maximum Gasteiger partial charge on any atom is 0.501 e. The average Bonchev–Trinajstić information content (AvgIpc) is 1.42. The maximum absolute atomic E-state index is 14.7. The number of halogens is 4. The summed E-state index contributed by atoms with van der Waals surface area (Å²) < 4.78 is 163. The number of aliphatic hydroxyl groups is 1. The number of phosphoric acid groups is 2. The van der Waals surface area contributed by atoms with Gasteiger partial charge in [-0.2, -0.15) is 13.2 Å². The topological polar surface area (TPSA) is 214 Å². The molecule has 492 valence electrons. The van der Waals surface area contributed by atoms with Gasteiger partial charge < -0.3 is 15.3 Å². The number of thioether (sulfide) groups is 1. The van der Waals surface area contributed by atoms with Crippen LogP contribution in [0.5, 0.6) is 0 Å². The van der Waals surface area contributed by atoms with Gasteiger partial charge in [-0.3, -0.25) is 36.8 Å². The molecular weight excluding hydrogens is 1270 g/mol. The van der Waals surface area contributed by atoms with E-state index in [0.29, 0.717) is 37.0 Å². The first kappa shape index (κ1) is 73.9. The molecule has 26 heteroatoms. The lowest BCUT2D eigenvalue weighted by Gasteiger charge is -2.36. The highest BCUT2D eigenvalue weighted by atomic mass is 35.5. The number of benzene rings is 5. The largest absolute Gasteiger partial charge is 0.501 e. The maximum atomic E-state index is 14.7. The van der Waals surface area contributed by atoms with Gasteiger partial charge in [0.2, 0.25) is 0 Å². The first-order chi connectivity index (χ1) is 41.1. The number of carbonyl (C=O) groups excluding carboxylic acids is 1. The van der Waals surface area contributed by atoms with Gasteiger partial charge in [-0.25, -0.2) is 26.0 Å². The molecule has 89 heavy (non-hydrogen) atoms. The molecule has 2 N–H and O–H groups in total. The lowest BCUT2D eigenvalue weighted by atomic mass is 9.84. The summed E-state index contributed by atoms with van der Waals surface area (Å²) in [6.45, 7) is 21.0. The smallest absolute Gasteiger partial charge is 0.388 e. The third-order valence-corrected chi connectivity index (χ3v) is 22.1. The highest BCUT2D eigenvalue weighted by Crippen LogP contribution is 2.56. The summed E-state index contributed by atoms with van der Waals surface area (Å²) in [6.07, 6.45) is 0.637. The third-order valence-electron chi connectivity index (χ3n) is 13.4. The summed E-state index contributed by atoms with van der Waals surface area (Å²) in [4.78, 5) is 16.2. The van der Waals surface area contributed by atoms with Crippen LogP contribution >= 0.6 is 39.0 Å². The SMILES string of the molecule is CC(C)(C)OP(=O)(OCCN(CCOP(=O)(OC(C)(C)C)OC(C)(C)C)CC[C@H](CSc1ccccc1)Nc1ccc(S(=O)(=O)CC(=O)c2ccc(N3CCC([C@@H](O)c4ccccc4-c4ccc(Cl)cc4)CC3)cc2)cc1S(=O)(=O)C(F)(F)F)OC(C)(C)C. The van der Waals surface area contributed by atoms with Crippen molar-refractivity contribution >= 4 is 75.8 Å².